The summed E-state index contributed by atoms with van der Waals surface area (Å²) >= 11 is 0. The van der Waals surface area contributed by atoms with E-state index in [1.54, 1.807) is 0 Å². The molecule has 0 heterocycles. The van der Waals surface area contributed by atoms with Crippen molar-refractivity contribution in [3.05, 3.63) is 0 Å². The molecule has 0 aliphatic carbocycles. The average molecular weight is 244 g/mol. The highest BCUT2D eigenvalue weighted by atomic mass is 16.4. The lowest BCUT2D eigenvalue weighted by Gasteiger charge is -2.19. The summed E-state index contributed by atoms with van der Waals surface area (Å²) in [6.07, 6.45) is 2.11. The van der Waals surface area contributed by atoms with Crippen molar-refractivity contribution in [3.63, 3.8) is 0 Å². The molecular weight excluding hydrogens is 220 g/mol. The van der Waals surface area contributed by atoms with Crippen LogP contribution in [0.2, 0.25) is 0 Å². The van der Waals surface area contributed by atoms with Gasteiger partial charge in [0.1, 0.15) is 6.04 Å². The lowest BCUT2D eigenvalue weighted by molar-refractivity contribution is -0.141. The Morgan fingerprint density at radius 1 is 1.18 bits per heavy atom. The Hall–Kier alpha value is -1.10. The standard InChI is InChI=1S/C12H24N2O3/c1-8(2)5-6-9(3)13-7-11(12(16)17)14-10(4)15/h8-9,11,13H,5-7H2,1-4H3,(H,14,15)(H,16,17). The zero-order valence-electron chi connectivity index (χ0n) is 11.1. The monoisotopic (exact) mass is 244 g/mol. The molecule has 0 aromatic rings. The molecule has 2 unspecified atom stereocenters. The first-order valence-corrected chi connectivity index (χ1v) is 6.06. The van der Waals surface area contributed by atoms with E-state index in [1.165, 1.54) is 6.92 Å². The van der Waals surface area contributed by atoms with E-state index in [1.807, 2.05) is 6.92 Å². The van der Waals surface area contributed by atoms with Gasteiger partial charge in [0.05, 0.1) is 0 Å². The Kier molecular flexibility index (Phi) is 7.54. The highest BCUT2D eigenvalue weighted by Gasteiger charge is 2.18. The molecule has 3 N–H and O–H groups in total. The van der Waals surface area contributed by atoms with Crippen molar-refractivity contribution in [2.75, 3.05) is 6.54 Å². The van der Waals surface area contributed by atoms with Crippen molar-refractivity contribution >= 4 is 11.9 Å². The third kappa shape index (κ3) is 8.68. The molecule has 0 aromatic carbocycles. The highest BCUT2D eigenvalue weighted by Crippen LogP contribution is 2.06. The maximum Gasteiger partial charge on any atom is 0.327 e. The van der Waals surface area contributed by atoms with Crippen LogP contribution in [0.5, 0.6) is 0 Å². The summed E-state index contributed by atoms with van der Waals surface area (Å²) in [6.45, 7) is 7.91. The van der Waals surface area contributed by atoms with Gasteiger partial charge < -0.3 is 15.7 Å². The molecule has 0 aliphatic heterocycles. The maximum atomic E-state index is 10.9. The van der Waals surface area contributed by atoms with E-state index in [9.17, 15) is 9.59 Å². The second-order valence-electron chi connectivity index (χ2n) is 4.87. The largest absolute Gasteiger partial charge is 0.480 e. The van der Waals surface area contributed by atoms with E-state index in [0.29, 0.717) is 5.92 Å². The molecule has 0 aromatic heterocycles. The van der Waals surface area contributed by atoms with Crippen LogP contribution >= 0.6 is 0 Å². The molecular formula is C12H24N2O3. The van der Waals surface area contributed by atoms with Gasteiger partial charge >= 0.3 is 5.97 Å². The van der Waals surface area contributed by atoms with Crippen LogP contribution in [0.15, 0.2) is 0 Å². The molecule has 0 rings (SSSR count). The summed E-state index contributed by atoms with van der Waals surface area (Å²) < 4.78 is 0. The molecule has 5 heteroatoms. The Bertz CT molecular complexity index is 254. The second kappa shape index (κ2) is 8.06. The lowest BCUT2D eigenvalue weighted by Crippen LogP contribution is -2.48. The van der Waals surface area contributed by atoms with E-state index >= 15 is 0 Å². The molecule has 0 saturated heterocycles. The van der Waals surface area contributed by atoms with Crippen molar-refractivity contribution in [1.82, 2.24) is 10.6 Å². The summed E-state index contributed by atoms with van der Waals surface area (Å²) in [7, 11) is 0. The number of hydrogen-bond acceptors (Lipinski definition) is 3. The number of rotatable bonds is 8. The van der Waals surface area contributed by atoms with Gasteiger partial charge in [0, 0.05) is 19.5 Å². The van der Waals surface area contributed by atoms with Gasteiger partial charge in [-0.15, -0.1) is 0 Å². The predicted molar refractivity (Wildman–Crippen MR) is 66.8 cm³/mol. The summed E-state index contributed by atoms with van der Waals surface area (Å²) in [6, 6.07) is -0.595. The molecule has 17 heavy (non-hydrogen) atoms. The third-order valence-electron chi connectivity index (χ3n) is 2.52. The van der Waals surface area contributed by atoms with Crippen molar-refractivity contribution in [3.8, 4) is 0 Å². The summed E-state index contributed by atoms with van der Waals surface area (Å²) in [5, 5.41) is 14.4. The Morgan fingerprint density at radius 3 is 2.18 bits per heavy atom. The first-order chi connectivity index (χ1) is 7.82. The molecule has 1 amide bonds. The molecule has 0 saturated carbocycles. The smallest absolute Gasteiger partial charge is 0.327 e. The van der Waals surface area contributed by atoms with Crippen molar-refractivity contribution < 1.29 is 14.7 Å². The van der Waals surface area contributed by atoms with Crippen molar-refractivity contribution in [2.45, 2.75) is 52.6 Å². The van der Waals surface area contributed by atoms with E-state index in [0.717, 1.165) is 12.8 Å². The normalized spacial score (nSPS) is 14.4. The predicted octanol–water partition coefficient (Wildman–Crippen LogP) is 0.990. The molecule has 2 atom stereocenters. The van der Waals surface area contributed by atoms with Gasteiger partial charge in [-0.2, -0.15) is 0 Å². The minimum absolute atomic E-state index is 0.257. The first-order valence-electron chi connectivity index (χ1n) is 6.06. The van der Waals surface area contributed by atoms with Gasteiger partial charge in [-0.05, 0) is 25.7 Å². The van der Waals surface area contributed by atoms with Crippen LogP contribution in [-0.2, 0) is 9.59 Å². The van der Waals surface area contributed by atoms with E-state index in [4.69, 9.17) is 5.11 Å². The number of hydrogen-bond donors (Lipinski definition) is 3. The van der Waals surface area contributed by atoms with Gasteiger partial charge in [0.25, 0.3) is 0 Å². The van der Waals surface area contributed by atoms with Gasteiger partial charge in [0.15, 0.2) is 0 Å². The Labute approximate surface area is 103 Å². The number of carboxylic acids is 1. The van der Waals surface area contributed by atoms with Crippen LogP contribution < -0.4 is 10.6 Å². The number of aliphatic carboxylic acids is 1. The highest BCUT2D eigenvalue weighted by molar-refractivity contribution is 5.82. The lowest BCUT2D eigenvalue weighted by atomic mass is 10.0. The molecule has 100 valence electrons. The van der Waals surface area contributed by atoms with E-state index < -0.39 is 12.0 Å². The fourth-order valence-electron chi connectivity index (χ4n) is 1.45. The average Bonchev–Trinajstić information content (AvgIpc) is 2.20. The fraction of sp³-hybridized carbons (Fsp3) is 0.833. The number of amides is 1. The third-order valence-corrected chi connectivity index (χ3v) is 2.52. The van der Waals surface area contributed by atoms with Crippen LogP contribution in [-0.4, -0.2) is 35.6 Å². The fourth-order valence-corrected chi connectivity index (χ4v) is 1.45. The number of carbonyl (C=O) groups excluding carboxylic acids is 1. The van der Waals surface area contributed by atoms with E-state index in [2.05, 4.69) is 24.5 Å². The Morgan fingerprint density at radius 2 is 1.76 bits per heavy atom. The summed E-state index contributed by atoms with van der Waals surface area (Å²) in [5.74, 6) is -0.692. The van der Waals surface area contributed by atoms with Gasteiger partial charge in [-0.25, -0.2) is 4.79 Å². The molecule has 0 bridgehead atoms. The first kappa shape index (κ1) is 15.9. The minimum atomic E-state index is -1.01. The van der Waals surface area contributed by atoms with Gasteiger partial charge in [-0.1, -0.05) is 13.8 Å². The van der Waals surface area contributed by atoms with Crippen LogP contribution in [0, 0.1) is 5.92 Å². The van der Waals surface area contributed by atoms with Crippen LogP contribution in [0.1, 0.15) is 40.5 Å². The summed E-state index contributed by atoms with van der Waals surface area (Å²) in [4.78, 5) is 21.7. The number of nitrogens with one attached hydrogen (secondary N) is 2. The van der Waals surface area contributed by atoms with Crippen LogP contribution in [0.3, 0.4) is 0 Å². The van der Waals surface area contributed by atoms with Gasteiger partial charge in [-0.3, -0.25) is 4.79 Å². The summed E-state index contributed by atoms with van der Waals surface area (Å²) in [5.41, 5.74) is 0. The Balaban J connectivity index is 3.95. The molecule has 0 spiro atoms. The minimum Gasteiger partial charge on any atom is -0.480 e. The van der Waals surface area contributed by atoms with Crippen molar-refractivity contribution in [1.29, 1.82) is 0 Å². The van der Waals surface area contributed by atoms with E-state index in [-0.39, 0.29) is 18.5 Å². The number of carbonyl (C=O) groups is 2. The molecule has 0 aliphatic rings. The maximum absolute atomic E-state index is 10.9. The zero-order chi connectivity index (χ0) is 13.4. The zero-order valence-corrected chi connectivity index (χ0v) is 11.1. The van der Waals surface area contributed by atoms with Crippen LogP contribution in [0.25, 0.3) is 0 Å². The van der Waals surface area contributed by atoms with Crippen LogP contribution in [0.4, 0.5) is 0 Å². The second-order valence-corrected chi connectivity index (χ2v) is 4.87. The van der Waals surface area contributed by atoms with Crippen molar-refractivity contribution in [2.24, 2.45) is 5.92 Å². The number of carboxylic acid groups (broad SMARTS) is 1. The quantitative estimate of drug-likeness (QED) is 0.595. The SMILES string of the molecule is CC(=O)NC(CNC(C)CCC(C)C)C(=O)O. The topological polar surface area (TPSA) is 78.4 Å². The molecule has 0 radical (unpaired) electrons. The van der Waals surface area contributed by atoms with Gasteiger partial charge in [0.2, 0.25) is 5.91 Å². The molecule has 0 fully saturated rings. The molecule has 5 nitrogen and oxygen atoms in total.